The van der Waals surface area contributed by atoms with Crippen LogP contribution in [0.3, 0.4) is 0 Å². The number of hydrogen-bond donors (Lipinski definition) is 0. The molecule has 1 aliphatic rings. The Morgan fingerprint density at radius 1 is 0.789 bits per heavy atom. The Hall–Kier alpha value is -4.84. The molecule has 6 nitrogen and oxygen atoms in total. The Morgan fingerprint density at radius 3 is 1.97 bits per heavy atom. The van der Waals surface area contributed by atoms with Crippen molar-refractivity contribution in [3.05, 3.63) is 116 Å². The maximum absolute atomic E-state index is 5.90. The Kier molecular flexibility index (Phi) is 6.14. The molecular weight excluding hydrogens is 470 g/mol. The molecule has 188 valence electrons. The number of aromatic nitrogens is 3. The summed E-state index contributed by atoms with van der Waals surface area (Å²) in [6, 6.07) is 26.7. The van der Waals surface area contributed by atoms with Crippen LogP contribution in [0, 0.1) is 0 Å². The van der Waals surface area contributed by atoms with Crippen LogP contribution in [0.15, 0.2) is 110 Å². The Balaban J connectivity index is 1.52. The molecule has 0 radical (unpaired) electrons. The molecule has 0 spiro atoms. The van der Waals surface area contributed by atoms with Crippen molar-refractivity contribution in [1.29, 1.82) is 0 Å². The molecule has 0 saturated heterocycles. The molecule has 6 rings (SSSR count). The summed E-state index contributed by atoms with van der Waals surface area (Å²) in [5, 5.41) is 1.12. The standard InChI is InChI=1S/C32H29N5O/c1-4-21-35-29(36(22-5-2)32-31(35)33-26-16-10-11-17-27(26)34-32)20-19-25-24-15-9-12-18-28(24)37(38-3)30(25)23-13-7-6-8-14-23/h4-20,29H,1-2,21-22H2,3H3/b20-19+. The molecule has 1 aliphatic heterocycles. The molecular formula is C32H29N5O. The van der Waals surface area contributed by atoms with E-state index in [4.69, 9.17) is 14.8 Å². The molecule has 0 N–H and O–H groups in total. The third-order valence-corrected chi connectivity index (χ3v) is 6.90. The zero-order chi connectivity index (χ0) is 26.1. The second-order valence-corrected chi connectivity index (χ2v) is 9.14. The first-order valence-corrected chi connectivity index (χ1v) is 12.7. The van der Waals surface area contributed by atoms with E-state index in [1.165, 1.54) is 0 Å². The molecule has 2 aromatic heterocycles. The number of rotatable bonds is 8. The largest absolute Gasteiger partial charge is 0.416 e. The minimum atomic E-state index is -0.119. The van der Waals surface area contributed by atoms with Crippen molar-refractivity contribution in [2.45, 2.75) is 6.17 Å². The summed E-state index contributed by atoms with van der Waals surface area (Å²) >= 11 is 0. The molecule has 0 saturated carbocycles. The molecule has 0 aliphatic carbocycles. The zero-order valence-corrected chi connectivity index (χ0v) is 21.4. The van der Waals surface area contributed by atoms with Crippen LogP contribution in [0.5, 0.6) is 0 Å². The van der Waals surface area contributed by atoms with Crippen molar-refractivity contribution < 1.29 is 4.84 Å². The minimum Gasteiger partial charge on any atom is -0.416 e. The second kappa shape index (κ2) is 9.90. The van der Waals surface area contributed by atoms with Gasteiger partial charge in [0.2, 0.25) is 0 Å². The Morgan fingerprint density at radius 2 is 1.37 bits per heavy atom. The molecule has 0 amide bonds. The molecule has 3 heterocycles. The lowest BCUT2D eigenvalue weighted by atomic mass is 10.0. The predicted molar refractivity (Wildman–Crippen MR) is 157 cm³/mol. The van der Waals surface area contributed by atoms with Crippen LogP contribution in [0.2, 0.25) is 0 Å². The lowest BCUT2D eigenvalue weighted by Crippen LogP contribution is -2.42. The van der Waals surface area contributed by atoms with E-state index in [2.05, 4.69) is 65.4 Å². The van der Waals surface area contributed by atoms with E-state index in [1.54, 1.807) is 7.11 Å². The van der Waals surface area contributed by atoms with Gasteiger partial charge in [-0.2, -0.15) is 4.73 Å². The number of benzene rings is 3. The van der Waals surface area contributed by atoms with Gasteiger partial charge in [0.15, 0.2) is 11.6 Å². The van der Waals surface area contributed by atoms with E-state index in [1.807, 2.05) is 65.4 Å². The fourth-order valence-corrected chi connectivity index (χ4v) is 5.31. The predicted octanol–water partition coefficient (Wildman–Crippen LogP) is 6.35. The quantitative estimate of drug-likeness (QED) is 0.233. The summed E-state index contributed by atoms with van der Waals surface area (Å²) in [6.45, 7) is 9.31. The normalized spacial score (nSPS) is 13.5. The van der Waals surface area contributed by atoms with Crippen LogP contribution in [0.4, 0.5) is 11.6 Å². The van der Waals surface area contributed by atoms with Gasteiger partial charge in [0, 0.05) is 29.6 Å². The van der Waals surface area contributed by atoms with E-state index >= 15 is 0 Å². The van der Waals surface area contributed by atoms with Gasteiger partial charge >= 0.3 is 0 Å². The minimum absolute atomic E-state index is 0.119. The molecule has 0 atom stereocenters. The monoisotopic (exact) mass is 499 g/mol. The zero-order valence-electron chi connectivity index (χ0n) is 21.4. The third-order valence-electron chi connectivity index (χ3n) is 6.90. The number of para-hydroxylation sites is 3. The molecule has 0 bridgehead atoms. The smallest absolute Gasteiger partial charge is 0.174 e. The van der Waals surface area contributed by atoms with E-state index in [0.29, 0.717) is 13.1 Å². The fraction of sp³-hybridized carbons (Fsp3) is 0.125. The Bertz CT molecular complexity index is 1610. The maximum Gasteiger partial charge on any atom is 0.174 e. The summed E-state index contributed by atoms with van der Waals surface area (Å²) in [6.07, 6.45) is 8.11. The van der Waals surface area contributed by atoms with Crippen molar-refractivity contribution in [3.63, 3.8) is 0 Å². The van der Waals surface area contributed by atoms with Crippen LogP contribution in [0.25, 0.3) is 39.3 Å². The van der Waals surface area contributed by atoms with E-state index < -0.39 is 0 Å². The van der Waals surface area contributed by atoms with E-state index in [0.717, 1.165) is 50.4 Å². The lowest BCUT2D eigenvalue weighted by Gasteiger charge is -2.28. The number of fused-ring (bicyclic) bond motifs is 3. The van der Waals surface area contributed by atoms with Crippen LogP contribution in [-0.2, 0) is 0 Å². The summed E-state index contributed by atoms with van der Waals surface area (Å²) in [5.41, 5.74) is 5.95. The van der Waals surface area contributed by atoms with Crippen molar-refractivity contribution in [2.24, 2.45) is 0 Å². The SMILES string of the molecule is C=CCN1c2nc3ccccc3nc2N(CC=C)C1/C=C/c1c(-c2ccccc2)n(OC)c2ccccc12. The first-order valence-electron chi connectivity index (χ1n) is 12.7. The Labute approximate surface area is 222 Å². The van der Waals surface area contributed by atoms with Crippen LogP contribution in [0.1, 0.15) is 5.56 Å². The maximum atomic E-state index is 5.90. The average molecular weight is 500 g/mol. The summed E-state index contributed by atoms with van der Waals surface area (Å²) < 4.78 is 1.91. The van der Waals surface area contributed by atoms with Gasteiger partial charge in [-0.15, -0.1) is 13.2 Å². The topological polar surface area (TPSA) is 46.4 Å². The van der Waals surface area contributed by atoms with Crippen molar-refractivity contribution in [1.82, 2.24) is 14.7 Å². The average Bonchev–Trinajstić information content (AvgIpc) is 3.43. The summed E-state index contributed by atoms with van der Waals surface area (Å²) in [7, 11) is 1.71. The summed E-state index contributed by atoms with van der Waals surface area (Å²) in [4.78, 5) is 20.4. The van der Waals surface area contributed by atoms with Crippen molar-refractivity contribution in [3.8, 4) is 11.3 Å². The van der Waals surface area contributed by atoms with Crippen molar-refractivity contribution in [2.75, 3.05) is 30.0 Å². The summed E-state index contributed by atoms with van der Waals surface area (Å²) in [5.74, 6) is 1.70. The third kappa shape index (κ3) is 3.82. The highest BCUT2D eigenvalue weighted by Gasteiger charge is 2.36. The lowest BCUT2D eigenvalue weighted by molar-refractivity contribution is 0.183. The highest BCUT2D eigenvalue weighted by Crippen LogP contribution is 2.40. The molecule has 0 fully saturated rings. The van der Waals surface area contributed by atoms with Gasteiger partial charge in [-0.25, -0.2) is 9.97 Å². The first kappa shape index (κ1) is 23.6. The second-order valence-electron chi connectivity index (χ2n) is 9.14. The van der Waals surface area contributed by atoms with Crippen molar-refractivity contribution >= 4 is 39.6 Å². The van der Waals surface area contributed by atoms with E-state index in [9.17, 15) is 0 Å². The van der Waals surface area contributed by atoms with Crippen LogP contribution in [-0.4, -0.2) is 41.1 Å². The molecule has 0 unspecified atom stereocenters. The van der Waals surface area contributed by atoms with E-state index in [-0.39, 0.29) is 6.17 Å². The fourth-order valence-electron chi connectivity index (χ4n) is 5.31. The van der Waals surface area contributed by atoms with Gasteiger partial charge in [-0.3, -0.25) is 0 Å². The van der Waals surface area contributed by atoms with Crippen LogP contribution >= 0.6 is 0 Å². The van der Waals surface area contributed by atoms with Gasteiger partial charge in [0.25, 0.3) is 0 Å². The van der Waals surface area contributed by atoms with Gasteiger partial charge in [0.1, 0.15) is 13.3 Å². The highest BCUT2D eigenvalue weighted by atomic mass is 16.6. The molecule has 3 aromatic carbocycles. The molecule has 5 aromatic rings. The molecule has 38 heavy (non-hydrogen) atoms. The highest BCUT2D eigenvalue weighted by molar-refractivity contribution is 5.97. The van der Waals surface area contributed by atoms with Gasteiger partial charge in [0.05, 0.1) is 22.2 Å². The number of anilines is 2. The first-order chi connectivity index (χ1) is 18.7. The van der Waals surface area contributed by atoms with Crippen LogP contribution < -0.4 is 14.6 Å². The molecule has 6 heteroatoms. The van der Waals surface area contributed by atoms with Gasteiger partial charge in [-0.05, 0) is 24.3 Å². The van der Waals surface area contributed by atoms with Gasteiger partial charge in [-0.1, -0.05) is 78.9 Å². The van der Waals surface area contributed by atoms with Gasteiger partial charge < -0.3 is 14.6 Å². The number of hydrogen-bond acceptors (Lipinski definition) is 5. The number of nitrogens with zero attached hydrogens (tertiary/aromatic N) is 5.